The van der Waals surface area contributed by atoms with E-state index in [-0.39, 0.29) is 17.7 Å². The summed E-state index contributed by atoms with van der Waals surface area (Å²) >= 11 is 0. The van der Waals surface area contributed by atoms with Gasteiger partial charge in [-0.15, -0.1) is 0 Å². The molecule has 2 aliphatic rings. The molecule has 1 saturated carbocycles. The van der Waals surface area contributed by atoms with Crippen molar-refractivity contribution in [2.45, 2.75) is 50.8 Å². The highest BCUT2D eigenvalue weighted by atomic mass is 16.5. The Balaban J connectivity index is 1.54. The number of benzene rings is 2. The summed E-state index contributed by atoms with van der Waals surface area (Å²) in [5, 5.41) is 6.27. The van der Waals surface area contributed by atoms with E-state index >= 15 is 0 Å². The highest BCUT2D eigenvalue weighted by Crippen LogP contribution is 2.30. The predicted octanol–water partition coefficient (Wildman–Crippen LogP) is 3.75. The van der Waals surface area contributed by atoms with Crippen LogP contribution in [0.1, 0.15) is 48.0 Å². The van der Waals surface area contributed by atoms with E-state index < -0.39 is 6.10 Å². The zero-order valence-electron chi connectivity index (χ0n) is 16.4. The molecule has 0 saturated heterocycles. The van der Waals surface area contributed by atoms with Crippen LogP contribution in [0.25, 0.3) is 0 Å². The Hall–Kier alpha value is -3.08. The molecular formula is C24H26N2O3. The lowest BCUT2D eigenvalue weighted by atomic mass is 9.93. The van der Waals surface area contributed by atoms with Gasteiger partial charge >= 0.3 is 0 Å². The van der Waals surface area contributed by atoms with Crippen molar-refractivity contribution in [3.63, 3.8) is 0 Å². The van der Waals surface area contributed by atoms with E-state index in [4.69, 9.17) is 4.74 Å². The Kier molecular flexibility index (Phi) is 5.94. The van der Waals surface area contributed by atoms with Crippen LogP contribution in [0.4, 0.5) is 0 Å². The van der Waals surface area contributed by atoms with Gasteiger partial charge in [-0.2, -0.15) is 0 Å². The zero-order valence-corrected chi connectivity index (χ0v) is 16.4. The number of hydrogen-bond acceptors (Lipinski definition) is 4. The fraction of sp³-hybridized carbons (Fsp3) is 0.333. The molecule has 0 bridgehead atoms. The number of Topliss-reactive ketones (excluding diaryl/α,β-unsaturated/α-hetero) is 1. The highest BCUT2D eigenvalue weighted by Gasteiger charge is 2.37. The van der Waals surface area contributed by atoms with Crippen LogP contribution in [0.3, 0.4) is 0 Å². The number of ether oxygens (including phenoxy) is 1. The van der Waals surface area contributed by atoms with Gasteiger partial charge in [0.2, 0.25) is 6.10 Å². The third-order valence-corrected chi connectivity index (χ3v) is 5.52. The molecule has 1 unspecified atom stereocenters. The van der Waals surface area contributed by atoms with E-state index in [0.717, 1.165) is 31.2 Å². The first-order valence-corrected chi connectivity index (χ1v) is 10.3. The molecule has 1 fully saturated rings. The molecule has 1 aliphatic carbocycles. The zero-order chi connectivity index (χ0) is 20.1. The standard InChI is InChI=1S/C24H26N2O3/c27-22-19-13-7-8-14-21(19)29-23(24(28)26-18-11-5-2-6-12-18)20(22)16-25-15-17-9-3-1-4-10-17/h1,3-4,7-10,13-14,16,18,23,25H,2,5-6,11-12,15H2,(H,26,28)/b20-16+. The molecular weight excluding hydrogens is 364 g/mol. The minimum Gasteiger partial charge on any atom is -0.475 e. The van der Waals surface area contributed by atoms with E-state index in [2.05, 4.69) is 10.6 Å². The number of carbonyl (C=O) groups excluding carboxylic acids is 2. The molecule has 150 valence electrons. The lowest BCUT2D eigenvalue weighted by Crippen LogP contribution is -2.48. The van der Waals surface area contributed by atoms with Gasteiger partial charge in [-0.05, 0) is 30.5 Å². The summed E-state index contributed by atoms with van der Waals surface area (Å²) in [5.41, 5.74) is 1.92. The molecule has 1 aliphatic heterocycles. The van der Waals surface area contributed by atoms with Crippen molar-refractivity contribution >= 4 is 11.7 Å². The number of carbonyl (C=O) groups is 2. The predicted molar refractivity (Wildman–Crippen MR) is 112 cm³/mol. The number of fused-ring (bicyclic) bond motifs is 1. The second-order valence-corrected chi connectivity index (χ2v) is 7.63. The summed E-state index contributed by atoms with van der Waals surface area (Å²) in [6.45, 7) is 0.566. The van der Waals surface area contributed by atoms with E-state index in [0.29, 0.717) is 23.4 Å². The molecule has 4 rings (SSSR count). The topological polar surface area (TPSA) is 67.4 Å². The Morgan fingerprint density at radius 1 is 1.00 bits per heavy atom. The van der Waals surface area contributed by atoms with Crippen molar-refractivity contribution in [1.29, 1.82) is 0 Å². The summed E-state index contributed by atoms with van der Waals surface area (Å²) < 4.78 is 5.98. The first kappa shape index (κ1) is 19.2. The number of amides is 1. The third kappa shape index (κ3) is 4.50. The van der Waals surface area contributed by atoms with Crippen LogP contribution in [0, 0.1) is 0 Å². The van der Waals surface area contributed by atoms with Crippen molar-refractivity contribution in [3.8, 4) is 5.75 Å². The largest absolute Gasteiger partial charge is 0.475 e. The van der Waals surface area contributed by atoms with E-state index in [1.165, 1.54) is 6.42 Å². The van der Waals surface area contributed by atoms with Gasteiger partial charge in [-0.1, -0.05) is 61.7 Å². The van der Waals surface area contributed by atoms with Crippen LogP contribution in [0.2, 0.25) is 0 Å². The van der Waals surface area contributed by atoms with E-state index in [1.54, 1.807) is 24.4 Å². The SMILES string of the molecule is O=C1/C(=C\NCc2ccccc2)C(C(=O)NC2CCCCC2)Oc2ccccc21. The van der Waals surface area contributed by atoms with Gasteiger partial charge in [0, 0.05) is 18.8 Å². The van der Waals surface area contributed by atoms with Gasteiger partial charge < -0.3 is 15.4 Å². The monoisotopic (exact) mass is 390 g/mol. The number of hydrogen-bond donors (Lipinski definition) is 2. The fourth-order valence-electron chi connectivity index (χ4n) is 3.96. The maximum absolute atomic E-state index is 13.1. The Morgan fingerprint density at radius 3 is 2.52 bits per heavy atom. The molecule has 29 heavy (non-hydrogen) atoms. The molecule has 0 radical (unpaired) electrons. The molecule has 1 heterocycles. The Labute approximate surface area is 171 Å². The first-order chi connectivity index (χ1) is 14.2. The minimum atomic E-state index is -0.942. The van der Waals surface area contributed by atoms with Crippen LogP contribution >= 0.6 is 0 Å². The minimum absolute atomic E-state index is 0.158. The maximum Gasteiger partial charge on any atom is 0.266 e. The van der Waals surface area contributed by atoms with Crippen molar-refractivity contribution in [3.05, 3.63) is 77.5 Å². The molecule has 1 amide bonds. The van der Waals surface area contributed by atoms with Crippen LogP contribution in [-0.4, -0.2) is 23.8 Å². The van der Waals surface area contributed by atoms with Gasteiger partial charge in [0.15, 0.2) is 5.78 Å². The maximum atomic E-state index is 13.1. The lowest BCUT2D eigenvalue weighted by molar-refractivity contribution is -0.127. The third-order valence-electron chi connectivity index (χ3n) is 5.52. The quantitative estimate of drug-likeness (QED) is 0.763. The van der Waals surface area contributed by atoms with Crippen molar-refractivity contribution in [2.75, 3.05) is 0 Å². The summed E-state index contributed by atoms with van der Waals surface area (Å²) in [6.07, 6.45) is 6.12. The van der Waals surface area contributed by atoms with Crippen LogP contribution in [0.5, 0.6) is 5.75 Å². The molecule has 2 N–H and O–H groups in total. The van der Waals surface area contributed by atoms with E-state index in [9.17, 15) is 9.59 Å². The summed E-state index contributed by atoms with van der Waals surface area (Å²) in [5.74, 6) is 0.0465. The average Bonchev–Trinajstić information content (AvgIpc) is 2.76. The van der Waals surface area contributed by atoms with E-state index in [1.807, 2.05) is 36.4 Å². The normalized spacial score (nSPS) is 20.6. The van der Waals surface area contributed by atoms with Gasteiger partial charge in [-0.3, -0.25) is 9.59 Å². The molecule has 5 nitrogen and oxygen atoms in total. The van der Waals surface area contributed by atoms with Gasteiger partial charge in [0.25, 0.3) is 5.91 Å². The molecule has 2 aromatic carbocycles. The smallest absolute Gasteiger partial charge is 0.266 e. The summed E-state index contributed by atoms with van der Waals surface area (Å²) in [6, 6.07) is 17.2. The first-order valence-electron chi connectivity index (χ1n) is 10.3. The number of nitrogens with one attached hydrogen (secondary N) is 2. The summed E-state index contributed by atoms with van der Waals surface area (Å²) in [4.78, 5) is 26.1. The molecule has 1 atom stereocenters. The number of ketones is 1. The van der Waals surface area contributed by atoms with Crippen LogP contribution in [-0.2, 0) is 11.3 Å². The molecule has 0 aromatic heterocycles. The van der Waals surface area contributed by atoms with Gasteiger partial charge in [-0.25, -0.2) is 0 Å². The van der Waals surface area contributed by atoms with Crippen molar-refractivity contribution in [2.24, 2.45) is 0 Å². The summed E-state index contributed by atoms with van der Waals surface area (Å²) in [7, 11) is 0. The Bertz CT molecular complexity index is 901. The Morgan fingerprint density at radius 2 is 1.72 bits per heavy atom. The van der Waals surface area contributed by atoms with Crippen molar-refractivity contribution in [1.82, 2.24) is 10.6 Å². The van der Waals surface area contributed by atoms with Crippen LogP contribution in [0.15, 0.2) is 66.4 Å². The molecule has 2 aromatic rings. The molecule has 5 heteroatoms. The second kappa shape index (κ2) is 8.95. The highest BCUT2D eigenvalue weighted by molar-refractivity contribution is 6.15. The number of rotatable bonds is 5. The number of para-hydroxylation sites is 1. The van der Waals surface area contributed by atoms with Gasteiger partial charge in [0.1, 0.15) is 5.75 Å². The average molecular weight is 390 g/mol. The van der Waals surface area contributed by atoms with Crippen LogP contribution < -0.4 is 15.4 Å². The van der Waals surface area contributed by atoms with Gasteiger partial charge in [0.05, 0.1) is 11.1 Å². The van der Waals surface area contributed by atoms with Crippen molar-refractivity contribution < 1.29 is 14.3 Å². The molecule has 0 spiro atoms. The second-order valence-electron chi connectivity index (χ2n) is 7.63. The lowest BCUT2D eigenvalue weighted by Gasteiger charge is -2.29. The fourth-order valence-corrected chi connectivity index (χ4v) is 3.96.